The molecular weight excluding hydrogens is 197 g/mol. The van der Waals surface area contributed by atoms with Gasteiger partial charge in [0, 0.05) is 19.2 Å². The number of aromatic nitrogens is 1. The maximum atomic E-state index is 12.7. The fourth-order valence-corrected chi connectivity index (χ4v) is 1.01. The minimum Gasteiger partial charge on any atom is -0.352 e. The molecule has 0 atom stereocenters. The third-order valence-corrected chi connectivity index (χ3v) is 1.72. The van der Waals surface area contributed by atoms with E-state index < -0.39 is 5.82 Å². The van der Waals surface area contributed by atoms with Crippen molar-refractivity contribution < 1.29 is 9.18 Å². The average Bonchev–Trinajstić information content (AvgIpc) is 2.24. The number of nitrogens with one attached hydrogen (secondary N) is 1. The monoisotopic (exact) mass is 207 g/mol. The zero-order valence-electron chi connectivity index (χ0n) is 8.03. The molecule has 4 nitrogen and oxygen atoms in total. The molecule has 1 N–H and O–H groups in total. The first-order valence-corrected chi connectivity index (χ1v) is 4.49. The Labute approximate surface area is 86.7 Å². The Morgan fingerprint density at radius 3 is 3.07 bits per heavy atom. The smallest absolute Gasteiger partial charge is 0.252 e. The van der Waals surface area contributed by atoms with Gasteiger partial charge in [-0.15, -0.1) is 0 Å². The number of rotatable bonds is 4. The van der Waals surface area contributed by atoms with Crippen molar-refractivity contribution >= 4 is 5.91 Å². The van der Waals surface area contributed by atoms with Crippen LogP contribution in [0.4, 0.5) is 4.39 Å². The van der Waals surface area contributed by atoms with E-state index in [9.17, 15) is 9.18 Å². The number of nitrogens with zero attached hydrogens (tertiary/aromatic N) is 2. The lowest BCUT2D eigenvalue weighted by Gasteiger charge is -2.02. The second kappa shape index (κ2) is 5.70. The van der Waals surface area contributed by atoms with Crippen molar-refractivity contribution in [3.05, 3.63) is 29.8 Å². The molecule has 1 aromatic heterocycles. The second-order valence-corrected chi connectivity index (χ2v) is 2.91. The van der Waals surface area contributed by atoms with Crippen LogP contribution in [0.15, 0.2) is 18.5 Å². The average molecular weight is 207 g/mol. The number of hydrogen-bond donors (Lipinski definition) is 1. The number of nitriles is 1. The van der Waals surface area contributed by atoms with Crippen molar-refractivity contribution in [3.63, 3.8) is 0 Å². The summed E-state index contributed by atoms with van der Waals surface area (Å²) in [5.41, 5.74) is 0.187. The lowest BCUT2D eigenvalue weighted by atomic mass is 10.2. The van der Waals surface area contributed by atoms with Crippen molar-refractivity contribution in [2.75, 3.05) is 6.54 Å². The van der Waals surface area contributed by atoms with Crippen LogP contribution in [0.3, 0.4) is 0 Å². The summed E-state index contributed by atoms with van der Waals surface area (Å²) in [6, 6.07) is 3.08. The predicted molar refractivity (Wildman–Crippen MR) is 51.4 cm³/mol. The van der Waals surface area contributed by atoms with Crippen molar-refractivity contribution in [3.8, 4) is 6.07 Å². The summed E-state index contributed by atoms with van der Waals surface area (Å²) in [6.07, 6.45) is 3.31. The van der Waals surface area contributed by atoms with Gasteiger partial charge in [0.25, 0.3) is 5.91 Å². The van der Waals surface area contributed by atoms with E-state index >= 15 is 0 Å². The largest absolute Gasteiger partial charge is 0.352 e. The van der Waals surface area contributed by atoms with E-state index in [4.69, 9.17) is 5.26 Å². The minimum absolute atomic E-state index is 0.187. The molecule has 0 radical (unpaired) electrons. The van der Waals surface area contributed by atoms with Gasteiger partial charge >= 0.3 is 0 Å². The number of hydrogen-bond acceptors (Lipinski definition) is 3. The third kappa shape index (κ3) is 3.73. The summed E-state index contributed by atoms with van der Waals surface area (Å²) in [7, 11) is 0. The Morgan fingerprint density at radius 1 is 1.60 bits per heavy atom. The Balaban J connectivity index is 2.44. The van der Waals surface area contributed by atoms with Crippen molar-refractivity contribution in [1.82, 2.24) is 10.3 Å². The minimum atomic E-state index is -0.542. The van der Waals surface area contributed by atoms with E-state index in [2.05, 4.69) is 10.3 Å². The van der Waals surface area contributed by atoms with Gasteiger partial charge in [0.15, 0.2) is 0 Å². The molecule has 0 fully saturated rings. The Bertz CT molecular complexity index is 386. The Morgan fingerprint density at radius 2 is 2.40 bits per heavy atom. The zero-order valence-corrected chi connectivity index (χ0v) is 8.03. The SMILES string of the molecule is N#CCCCNC(=O)c1cncc(F)c1. The van der Waals surface area contributed by atoms with Gasteiger partial charge in [0.2, 0.25) is 0 Å². The summed E-state index contributed by atoms with van der Waals surface area (Å²) in [5, 5.41) is 10.8. The number of carbonyl (C=O) groups excluding carboxylic acids is 1. The van der Waals surface area contributed by atoms with E-state index in [0.29, 0.717) is 19.4 Å². The topological polar surface area (TPSA) is 65.8 Å². The summed E-state index contributed by atoms with van der Waals surface area (Å²) in [4.78, 5) is 14.9. The molecule has 1 heterocycles. The van der Waals surface area contributed by atoms with Gasteiger partial charge in [-0.3, -0.25) is 9.78 Å². The molecule has 0 spiro atoms. The normalized spacial score (nSPS) is 9.33. The molecule has 0 aliphatic carbocycles. The van der Waals surface area contributed by atoms with Gasteiger partial charge in [0.05, 0.1) is 17.8 Å². The van der Waals surface area contributed by atoms with Crippen molar-refractivity contribution in [1.29, 1.82) is 5.26 Å². The number of amides is 1. The molecule has 78 valence electrons. The van der Waals surface area contributed by atoms with E-state index in [1.807, 2.05) is 6.07 Å². The highest BCUT2D eigenvalue weighted by Crippen LogP contribution is 2.00. The van der Waals surface area contributed by atoms with Crippen molar-refractivity contribution in [2.45, 2.75) is 12.8 Å². The van der Waals surface area contributed by atoms with E-state index in [-0.39, 0.29) is 11.5 Å². The lowest BCUT2D eigenvalue weighted by molar-refractivity contribution is 0.0952. The van der Waals surface area contributed by atoms with Gasteiger partial charge in [-0.25, -0.2) is 4.39 Å². The highest BCUT2D eigenvalue weighted by molar-refractivity contribution is 5.93. The van der Waals surface area contributed by atoms with E-state index in [0.717, 1.165) is 12.3 Å². The maximum Gasteiger partial charge on any atom is 0.252 e. The fraction of sp³-hybridized carbons (Fsp3) is 0.300. The predicted octanol–water partition coefficient (Wildman–Crippen LogP) is 1.25. The number of unbranched alkanes of at least 4 members (excludes halogenated alkanes) is 1. The summed E-state index contributed by atoms with van der Waals surface area (Å²) in [6.45, 7) is 0.406. The molecule has 1 amide bonds. The van der Waals surface area contributed by atoms with Crippen LogP contribution in [0, 0.1) is 17.1 Å². The van der Waals surface area contributed by atoms with Crippen LogP contribution in [0.2, 0.25) is 0 Å². The second-order valence-electron chi connectivity index (χ2n) is 2.91. The number of halogens is 1. The molecule has 5 heteroatoms. The molecule has 0 saturated heterocycles. The number of carbonyl (C=O) groups is 1. The molecule has 15 heavy (non-hydrogen) atoms. The first kappa shape index (κ1) is 11.1. The fourth-order valence-electron chi connectivity index (χ4n) is 1.01. The molecule has 0 aromatic carbocycles. The van der Waals surface area contributed by atoms with Gasteiger partial charge in [-0.2, -0.15) is 5.26 Å². The highest BCUT2D eigenvalue weighted by atomic mass is 19.1. The summed E-state index contributed by atoms with van der Waals surface area (Å²) >= 11 is 0. The first-order valence-electron chi connectivity index (χ1n) is 4.49. The summed E-state index contributed by atoms with van der Waals surface area (Å²) in [5.74, 6) is -0.917. The molecule has 1 aromatic rings. The number of pyridine rings is 1. The van der Waals surface area contributed by atoms with Crippen LogP contribution in [0.5, 0.6) is 0 Å². The molecular formula is C10H10FN3O. The molecule has 0 bridgehead atoms. The molecule has 0 saturated carbocycles. The van der Waals surface area contributed by atoms with Gasteiger partial charge in [-0.05, 0) is 12.5 Å². The lowest BCUT2D eigenvalue weighted by Crippen LogP contribution is -2.24. The van der Waals surface area contributed by atoms with Gasteiger partial charge in [0.1, 0.15) is 5.82 Å². The van der Waals surface area contributed by atoms with Crippen LogP contribution in [-0.2, 0) is 0 Å². The zero-order chi connectivity index (χ0) is 11.1. The quantitative estimate of drug-likeness (QED) is 0.755. The Hall–Kier alpha value is -1.96. The van der Waals surface area contributed by atoms with Crippen LogP contribution in [0.1, 0.15) is 23.2 Å². The molecule has 0 aliphatic heterocycles. The molecule has 0 aliphatic rings. The van der Waals surface area contributed by atoms with Gasteiger partial charge < -0.3 is 5.32 Å². The van der Waals surface area contributed by atoms with Crippen LogP contribution < -0.4 is 5.32 Å². The highest BCUT2D eigenvalue weighted by Gasteiger charge is 2.05. The van der Waals surface area contributed by atoms with Crippen LogP contribution >= 0.6 is 0 Å². The molecule has 1 rings (SSSR count). The standard InChI is InChI=1S/C10H10FN3O/c11-9-5-8(6-13-7-9)10(15)14-4-2-1-3-12/h5-7H,1-2,4H2,(H,14,15). The van der Waals surface area contributed by atoms with Crippen LogP contribution in [-0.4, -0.2) is 17.4 Å². The molecule has 0 unspecified atom stereocenters. The van der Waals surface area contributed by atoms with Crippen molar-refractivity contribution in [2.24, 2.45) is 0 Å². The van der Waals surface area contributed by atoms with Crippen LogP contribution in [0.25, 0.3) is 0 Å². The summed E-state index contributed by atoms with van der Waals surface area (Å²) < 4.78 is 12.7. The Kier molecular flexibility index (Phi) is 4.23. The van der Waals surface area contributed by atoms with Gasteiger partial charge in [-0.1, -0.05) is 0 Å². The van der Waals surface area contributed by atoms with E-state index in [1.54, 1.807) is 0 Å². The van der Waals surface area contributed by atoms with E-state index in [1.165, 1.54) is 6.20 Å². The third-order valence-electron chi connectivity index (χ3n) is 1.72. The maximum absolute atomic E-state index is 12.7. The first-order chi connectivity index (χ1) is 7.24.